The quantitative estimate of drug-likeness (QED) is 0.600. The molecule has 10 heteroatoms. The van der Waals surface area contributed by atoms with E-state index in [1.165, 1.54) is 23.5 Å². The Balaban J connectivity index is 1.61. The summed E-state index contributed by atoms with van der Waals surface area (Å²) in [7, 11) is 0. The minimum Gasteiger partial charge on any atom is -0.334 e. The predicted molar refractivity (Wildman–Crippen MR) is 92.1 cm³/mol. The van der Waals surface area contributed by atoms with Crippen LogP contribution in [0.1, 0.15) is 19.3 Å². The monoisotopic (exact) mass is 385 g/mol. The second-order valence-electron chi connectivity index (χ2n) is 5.08. The number of nitrogens with zero attached hydrogens (tertiary/aromatic N) is 3. The van der Waals surface area contributed by atoms with Crippen LogP contribution in [0.3, 0.4) is 0 Å². The standard InChI is InChI=1S/C14H12ClN3O4S2/c15-11-3-1-9(23-11)13(19)16-5-7-17(8-6-16)14(20)10-2-4-12(24-10)18(21)22/h1-4H,5-8H2. The van der Waals surface area contributed by atoms with E-state index < -0.39 is 4.92 Å². The summed E-state index contributed by atoms with van der Waals surface area (Å²) in [4.78, 5) is 39.1. The molecule has 0 bridgehead atoms. The molecule has 3 heterocycles. The second-order valence-corrected chi connectivity index (χ2v) is 7.86. The molecule has 1 aliphatic rings. The van der Waals surface area contributed by atoms with Gasteiger partial charge in [0.25, 0.3) is 11.8 Å². The van der Waals surface area contributed by atoms with E-state index >= 15 is 0 Å². The lowest BCUT2D eigenvalue weighted by atomic mass is 10.2. The van der Waals surface area contributed by atoms with E-state index in [1.54, 1.807) is 21.9 Å². The molecule has 0 saturated carbocycles. The van der Waals surface area contributed by atoms with Crippen molar-refractivity contribution in [1.82, 2.24) is 9.80 Å². The first-order valence-corrected chi connectivity index (χ1v) is 9.05. The van der Waals surface area contributed by atoms with Crippen LogP contribution >= 0.6 is 34.3 Å². The lowest BCUT2D eigenvalue weighted by Gasteiger charge is -2.34. The Bertz CT molecular complexity index is 796. The third-order valence-electron chi connectivity index (χ3n) is 3.62. The average molecular weight is 386 g/mol. The summed E-state index contributed by atoms with van der Waals surface area (Å²) in [6.45, 7) is 1.64. The predicted octanol–water partition coefficient (Wildman–Crippen LogP) is 2.97. The molecule has 24 heavy (non-hydrogen) atoms. The van der Waals surface area contributed by atoms with Gasteiger partial charge in [0, 0.05) is 32.2 Å². The van der Waals surface area contributed by atoms with E-state index in [-0.39, 0.29) is 16.8 Å². The number of piperazine rings is 1. The zero-order chi connectivity index (χ0) is 17.3. The van der Waals surface area contributed by atoms with Crippen molar-refractivity contribution in [3.63, 3.8) is 0 Å². The molecule has 0 atom stereocenters. The Labute approximate surface area is 150 Å². The van der Waals surface area contributed by atoms with Crippen molar-refractivity contribution in [3.8, 4) is 0 Å². The first kappa shape index (κ1) is 16.9. The van der Waals surface area contributed by atoms with Crippen LogP contribution in [0.5, 0.6) is 0 Å². The number of carbonyl (C=O) groups is 2. The molecule has 2 amide bonds. The van der Waals surface area contributed by atoms with Gasteiger partial charge in [-0.05, 0) is 18.2 Å². The summed E-state index contributed by atoms with van der Waals surface area (Å²) in [5, 5.41) is 10.7. The highest BCUT2D eigenvalue weighted by Crippen LogP contribution is 2.26. The van der Waals surface area contributed by atoms with E-state index in [2.05, 4.69) is 0 Å². The molecule has 3 rings (SSSR count). The minimum atomic E-state index is -0.510. The first-order valence-electron chi connectivity index (χ1n) is 7.04. The number of carbonyl (C=O) groups excluding carboxylic acids is 2. The van der Waals surface area contributed by atoms with Crippen LogP contribution in [0, 0.1) is 10.1 Å². The van der Waals surface area contributed by atoms with Crippen LogP contribution in [0.15, 0.2) is 24.3 Å². The van der Waals surface area contributed by atoms with E-state index in [0.29, 0.717) is 40.3 Å². The van der Waals surface area contributed by atoms with Crippen LogP contribution in [0.4, 0.5) is 5.00 Å². The topological polar surface area (TPSA) is 83.8 Å². The number of amides is 2. The third-order valence-corrected chi connectivity index (χ3v) is 5.86. The van der Waals surface area contributed by atoms with Crippen molar-refractivity contribution in [2.75, 3.05) is 26.2 Å². The number of rotatable bonds is 3. The molecule has 0 N–H and O–H groups in total. The van der Waals surface area contributed by atoms with Gasteiger partial charge in [-0.2, -0.15) is 0 Å². The van der Waals surface area contributed by atoms with Gasteiger partial charge in [-0.1, -0.05) is 22.9 Å². The Hall–Kier alpha value is -1.97. The molecule has 0 spiro atoms. The first-order chi connectivity index (χ1) is 11.5. The van der Waals surface area contributed by atoms with Crippen molar-refractivity contribution in [2.24, 2.45) is 0 Å². The van der Waals surface area contributed by atoms with Gasteiger partial charge in [0.15, 0.2) is 0 Å². The van der Waals surface area contributed by atoms with Gasteiger partial charge in [-0.3, -0.25) is 19.7 Å². The zero-order valence-corrected chi connectivity index (χ0v) is 14.7. The number of halogens is 1. The molecular formula is C14H12ClN3O4S2. The highest BCUT2D eigenvalue weighted by atomic mass is 35.5. The van der Waals surface area contributed by atoms with Gasteiger partial charge >= 0.3 is 5.00 Å². The van der Waals surface area contributed by atoms with Crippen LogP contribution < -0.4 is 0 Å². The maximum atomic E-state index is 12.4. The van der Waals surface area contributed by atoms with Crippen LogP contribution in [-0.2, 0) is 0 Å². The Kier molecular flexibility index (Phi) is 4.83. The van der Waals surface area contributed by atoms with Gasteiger partial charge in [0.2, 0.25) is 0 Å². The van der Waals surface area contributed by atoms with Crippen molar-refractivity contribution in [1.29, 1.82) is 0 Å². The van der Waals surface area contributed by atoms with Crippen LogP contribution in [0.25, 0.3) is 0 Å². The van der Waals surface area contributed by atoms with Crippen molar-refractivity contribution in [2.45, 2.75) is 0 Å². The maximum absolute atomic E-state index is 12.4. The summed E-state index contributed by atoms with van der Waals surface area (Å²) in [5.41, 5.74) is 0. The van der Waals surface area contributed by atoms with Crippen molar-refractivity contribution < 1.29 is 14.5 Å². The smallest absolute Gasteiger partial charge is 0.324 e. The van der Waals surface area contributed by atoms with Crippen molar-refractivity contribution >= 4 is 51.1 Å². The Morgan fingerprint density at radius 3 is 1.88 bits per heavy atom. The molecule has 0 radical (unpaired) electrons. The molecular weight excluding hydrogens is 374 g/mol. The highest BCUT2D eigenvalue weighted by Gasteiger charge is 2.27. The fourth-order valence-corrected chi connectivity index (χ4v) is 4.19. The van der Waals surface area contributed by atoms with E-state index in [9.17, 15) is 19.7 Å². The third kappa shape index (κ3) is 3.42. The highest BCUT2D eigenvalue weighted by molar-refractivity contribution is 7.18. The second kappa shape index (κ2) is 6.88. The molecule has 0 unspecified atom stereocenters. The number of hydrogen-bond donors (Lipinski definition) is 0. The fourth-order valence-electron chi connectivity index (χ4n) is 2.39. The number of nitro groups is 1. The fraction of sp³-hybridized carbons (Fsp3) is 0.286. The molecule has 1 aliphatic heterocycles. The lowest BCUT2D eigenvalue weighted by molar-refractivity contribution is -0.380. The largest absolute Gasteiger partial charge is 0.334 e. The van der Waals surface area contributed by atoms with Gasteiger partial charge < -0.3 is 9.80 Å². The van der Waals surface area contributed by atoms with Crippen molar-refractivity contribution in [3.05, 3.63) is 48.5 Å². The van der Waals surface area contributed by atoms with Crippen LogP contribution in [-0.4, -0.2) is 52.7 Å². The maximum Gasteiger partial charge on any atom is 0.324 e. The molecule has 2 aromatic heterocycles. The summed E-state index contributed by atoms with van der Waals surface area (Å²) < 4.78 is 0.562. The van der Waals surface area contributed by atoms with Gasteiger partial charge in [-0.15, -0.1) is 11.3 Å². The number of thiophene rings is 2. The molecule has 0 aliphatic carbocycles. The molecule has 0 aromatic carbocycles. The van der Waals surface area contributed by atoms with Gasteiger partial charge in [-0.25, -0.2) is 0 Å². The Morgan fingerprint density at radius 1 is 0.958 bits per heavy atom. The number of hydrogen-bond acceptors (Lipinski definition) is 6. The van der Waals surface area contributed by atoms with E-state index in [0.717, 1.165) is 11.3 Å². The van der Waals surface area contributed by atoms with Gasteiger partial charge in [0.1, 0.15) is 0 Å². The Morgan fingerprint density at radius 2 is 1.46 bits per heavy atom. The summed E-state index contributed by atoms with van der Waals surface area (Å²) in [5.74, 6) is -0.329. The SMILES string of the molecule is O=C(c1ccc(Cl)s1)N1CCN(C(=O)c2ccc([N+](=O)[O-])s2)CC1. The van der Waals surface area contributed by atoms with Gasteiger partial charge in [0.05, 0.1) is 19.0 Å². The molecule has 1 fully saturated rings. The normalized spacial score (nSPS) is 14.7. The average Bonchev–Trinajstić information content (AvgIpc) is 3.23. The van der Waals surface area contributed by atoms with Crippen LogP contribution in [0.2, 0.25) is 4.34 Å². The summed E-state index contributed by atoms with van der Waals surface area (Å²) in [6.07, 6.45) is 0. The lowest BCUT2D eigenvalue weighted by Crippen LogP contribution is -2.50. The molecule has 126 valence electrons. The molecule has 2 aromatic rings. The van der Waals surface area contributed by atoms with E-state index in [4.69, 9.17) is 11.6 Å². The van der Waals surface area contributed by atoms with E-state index in [1.807, 2.05) is 0 Å². The summed E-state index contributed by atoms with van der Waals surface area (Å²) in [6, 6.07) is 6.18. The minimum absolute atomic E-state index is 0.0539. The summed E-state index contributed by atoms with van der Waals surface area (Å²) >= 11 is 7.94. The molecule has 1 saturated heterocycles. The zero-order valence-electron chi connectivity index (χ0n) is 12.3. The molecule has 7 nitrogen and oxygen atoms in total.